The predicted molar refractivity (Wildman–Crippen MR) is 168 cm³/mol. The number of esters is 1. The van der Waals surface area contributed by atoms with E-state index < -0.39 is 17.7 Å². The van der Waals surface area contributed by atoms with Crippen LogP contribution in [0.3, 0.4) is 0 Å². The molecule has 7 nitrogen and oxygen atoms in total. The number of carbonyl (C=O) groups excluding carboxylic acids is 1. The van der Waals surface area contributed by atoms with Crippen LogP contribution in [0, 0.1) is 12.3 Å². The van der Waals surface area contributed by atoms with Crippen molar-refractivity contribution in [2.75, 3.05) is 24.6 Å². The van der Waals surface area contributed by atoms with Crippen LogP contribution in [0.1, 0.15) is 84.2 Å². The Bertz CT molecular complexity index is 1320. The van der Waals surface area contributed by atoms with Gasteiger partial charge in [0.05, 0.1) is 35.9 Å². The molecule has 4 rings (SSSR count). The molecular weight excluding hydrogens is 526 g/mol. The van der Waals surface area contributed by atoms with Gasteiger partial charge in [0.1, 0.15) is 5.75 Å². The Balaban J connectivity index is 1.73. The molecule has 0 saturated carbocycles. The van der Waals surface area contributed by atoms with Crippen molar-refractivity contribution in [2.24, 2.45) is 5.41 Å². The molecule has 1 saturated heterocycles. The molecule has 0 spiro atoms. The number of piperidine rings is 1. The van der Waals surface area contributed by atoms with E-state index in [4.69, 9.17) is 24.2 Å². The standard InChI is InChI=1S/C35H47N3O4/c1-24(2)41-33(39)32(42-34(4,5)6)30-25(3)36-23-28(31(30)38-19-17-35(7,8)18-20-38)29-15-14-27(22-37-29)40-21-16-26-12-10-9-11-13-26/h9-15,22-24,32H,16-21H2,1-8H3/t32-/m0/s1. The van der Waals surface area contributed by atoms with Crippen LogP contribution in [-0.2, 0) is 20.7 Å². The Morgan fingerprint density at radius 1 is 1.00 bits per heavy atom. The summed E-state index contributed by atoms with van der Waals surface area (Å²) in [5, 5.41) is 0. The van der Waals surface area contributed by atoms with Crippen LogP contribution in [-0.4, -0.2) is 47.3 Å². The van der Waals surface area contributed by atoms with E-state index in [1.54, 1.807) is 6.20 Å². The van der Waals surface area contributed by atoms with E-state index in [9.17, 15) is 4.79 Å². The van der Waals surface area contributed by atoms with Crippen molar-refractivity contribution in [3.63, 3.8) is 0 Å². The summed E-state index contributed by atoms with van der Waals surface area (Å²) in [4.78, 5) is 25.5. The lowest BCUT2D eigenvalue weighted by atomic mass is 9.82. The van der Waals surface area contributed by atoms with Gasteiger partial charge in [0.2, 0.25) is 0 Å². The second-order valence-electron chi connectivity index (χ2n) is 13.2. The summed E-state index contributed by atoms with van der Waals surface area (Å²) in [5.74, 6) is 0.307. The lowest BCUT2D eigenvalue weighted by Crippen LogP contribution is -2.39. The molecule has 0 unspecified atom stereocenters. The number of hydrogen-bond donors (Lipinski definition) is 0. The molecular formula is C35H47N3O4. The number of carbonyl (C=O) groups is 1. The van der Waals surface area contributed by atoms with E-state index in [1.807, 2.05) is 78.1 Å². The first-order valence-corrected chi connectivity index (χ1v) is 15.1. The van der Waals surface area contributed by atoms with E-state index >= 15 is 0 Å². The first-order valence-electron chi connectivity index (χ1n) is 15.1. The van der Waals surface area contributed by atoms with Crippen molar-refractivity contribution in [2.45, 2.75) is 92.5 Å². The highest BCUT2D eigenvalue weighted by Crippen LogP contribution is 2.43. The third-order valence-electron chi connectivity index (χ3n) is 7.53. The van der Waals surface area contributed by atoms with Crippen molar-refractivity contribution >= 4 is 11.7 Å². The fourth-order valence-electron chi connectivity index (χ4n) is 5.22. The van der Waals surface area contributed by atoms with E-state index in [2.05, 4.69) is 30.9 Å². The monoisotopic (exact) mass is 573 g/mol. The molecule has 0 bridgehead atoms. The molecule has 2 aromatic heterocycles. The van der Waals surface area contributed by atoms with Crippen LogP contribution < -0.4 is 9.64 Å². The van der Waals surface area contributed by atoms with Crippen molar-refractivity contribution in [1.29, 1.82) is 0 Å². The molecule has 42 heavy (non-hydrogen) atoms. The number of nitrogens with zero attached hydrogens (tertiary/aromatic N) is 3. The number of benzene rings is 1. The van der Waals surface area contributed by atoms with Gasteiger partial charge in [0, 0.05) is 42.5 Å². The van der Waals surface area contributed by atoms with Crippen LogP contribution in [0.2, 0.25) is 0 Å². The molecule has 1 atom stereocenters. The fraction of sp³-hybridized carbons (Fsp3) is 0.514. The minimum absolute atomic E-state index is 0.258. The molecule has 7 heteroatoms. The Labute approximate surface area is 251 Å². The largest absolute Gasteiger partial charge is 0.492 e. The SMILES string of the molecule is Cc1ncc(-c2ccc(OCCc3ccccc3)cn2)c(N2CCC(C)(C)CC2)c1[C@H](OC(C)(C)C)C(=O)OC(C)C. The van der Waals surface area contributed by atoms with E-state index in [0.717, 1.165) is 60.6 Å². The van der Waals surface area contributed by atoms with Gasteiger partial charge in [-0.25, -0.2) is 4.79 Å². The van der Waals surface area contributed by atoms with Crippen LogP contribution in [0.25, 0.3) is 11.3 Å². The molecule has 226 valence electrons. The zero-order chi connectivity index (χ0) is 30.5. The van der Waals surface area contributed by atoms with Crippen LogP contribution >= 0.6 is 0 Å². The second kappa shape index (κ2) is 13.2. The van der Waals surface area contributed by atoms with Gasteiger partial charge in [0.25, 0.3) is 0 Å². The quantitative estimate of drug-likeness (QED) is 0.232. The number of ether oxygens (including phenoxy) is 3. The summed E-state index contributed by atoms with van der Waals surface area (Å²) < 4.78 is 18.2. The van der Waals surface area contributed by atoms with Gasteiger partial charge < -0.3 is 19.1 Å². The second-order valence-corrected chi connectivity index (χ2v) is 13.2. The zero-order valence-corrected chi connectivity index (χ0v) is 26.6. The Morgan fingerprint density at radius 2 is 1.69 bits per heavy atom. The van der Waals surface area contributed by atoms with Gasteiger partial charge in [-0.1, -0.05) is 44.2 Å². The minimum atomic E-state index is -0.926. The van der Waals surface area contributed by atoms with Gasteiger partial charge in [-0.15, -0.1) is 0 Å². The molecule has 0 N–H and O–H groups in total. The Morgan fingerprint density at radius 3 is 2.29 bits per heavy atom. The lowest BCUT2D eigenvalue weighted by Gasteiger charge is -2.41. The molecule has 0 amide bonds. The van der Waals surface area contributed by atoms with Crippen LogP contribution in [0.4, 0.5) is 5.69 Å². The van der Waals surface area contributed by atoms with E-state index in [0.29, 0.717) is 12.4 Å². The highest BCUT2D eigenvalue weighted by Gasteiger charge is 2.37. The predicted octanol–water partition coefficient (Wildman–Crippen LogP) is 7.51. The normalized spacial score (nSPS) is 15.9. The molecule has 0 radical (unpaired) electrons. The number of rotatable bonds is 10. The molecule has 1 fully saturated rings. The highest BCUT2D eigenvalue weighted by molar-refractivity contribution is 5.86. The average Bonchev–Trinajstić information content (AvgIpc) is 2.92. The first-order chi connectivity index (χ1) is 19.8. The zero-order valence-electron chi connectivity index (χ0n) is 26.6. The smallest absolute Gasteiger partial charge is 0.340 e. The van der Waals surface area contributed by atoms with Gasteiger partial charge >= 0.3 is 5.97 Å². The summed E-state index contributed by atoms with van der Waals surface area (Å²) in [6, 6.07) is 14.2. The number of aromatic nitrogens is 2. The maximum Gasteiger partial charge on any atom is 0.340 e. The number of pyridine rings is 2. The number of hydrogen-bond acceptors (Lipinski definition) is 7. The fourth-order valence-corrected chi connectivity index (χ4v) is 5.22. The number of aryl methyl sites for hydroxylation is 1. The summed E-state index contributed by atoms with van der Waals surface area (Å²) in [7, 11) is 0. The topological polar surface area (TPSA) is 73.8 Å². The maximum atomic E-state index is 13.6. The average molecular weight is 574 g/mol. The summed E-state index contributed by atoms with van der Waals surface area (Å²) in [6.07, 6.45) is 5.34. The molecule has 1 aliphatic heterocycles. The van der Waals surface area contributed by atoms with Gasteiger partial charge in [-0.2, -0.15) is 0 Å². The van der Waals surface area contributed by atoms with Crippen molar-refractivity contribution < 1.29 is 19.0 Å². The van der Waals surface area contributed by atoms with Crippen molar-refractivity contribution in [1.82, 2.24) is 9.97 Å². The van der Waals surface area contributed by atoms with Gasteiger partial charge in [-0.3, -0.25) is 9.97 Å². The van der Waals surface area contributed by atoms with Crippen LogP contribution in [0.15, 0.2) is 54.9 Å². The molecule has 1 aliphatic rings. The van der Waals surface area contributed by atoms with Gasteiger partial charge in [-0.05, 0) is 77.5 Å². The maximum absolute atomic E-state index is 13.6. The first kappa shape index (κ1) is 31.5. The summed E-state index contributed by atoms with van der Waals surface area (Å²) in [5.41, 5.74) is 4.98. The summed E-state index contributed by atoms with van der Waals surface area (Å²) in [6.45, 7) is 18.4. The Hall–Kier alpha value is -3.45. The Kier molecular flexibility index (Phi) is 9.93. The minimum Gasteiger partial charge on any atom is -0.492 e. The molecule has 3 aromatic rings. The summed E-state index contributed by atoms with van der Waals surface area (Å²) >= 11 is 0. The molecule has 3 heterocycles. The third-order valence-corrected chi connectivity index (χ3v) is 7.53. The van der Waals surface area contributed by atoms with E-state index in [1.165, 1.54) is 5.56 Å². The van der Waals surface area contributed by atoms with Crippen molar-refractivity contribution in [3.8, 4) is 17.0 Å². The van der Waals surface area contributed by atoms with Crippen LogP contribution in [0.5, 0.6) is 5.75 Å². The third kappa shape index (κ3) is 8.31. The highest BCUT2D eigenvalue weighted by atomic mass is 16.6. The molecule has 0 aliphatic carbocycles. The molecule has 1 aromatic carbocycles. The number of anilines is 1. The van der Waals surface area contributed by atoms with E-state index in [-0.39, 0.29) is 11.5 Å². The van der Waals surface area contributed by atoms with Gasteiger partial charge in [0.15, 0.2) is 6.10 Å². The lowest BCUT2D eigenvalue weighted by molar-refractivity contribution is -0.171. The van der Waals surface area contributed by atoms with Crippen molar-refractivity contribution in [3.05, 3.63) is 71.7 Å².